The van der Waals surface area contributed by atoms with Gasteiger partial charge in [-0.1, -0.05) is 23.2 Å². The third-order valence-electron chi connectivity index (χ3n) is 1.95. The van der Waals surface area contributed by atoms with Crippen molar-refractivity contribution in [3.63, 3.8) is 0 Å². The summed E-state index contributed by atoms with van der Waals surface area (Å²) in [5.74, 6) is 0. The summed E-state index contributed by atoms with van der Waals surface area (Å²) in [4.78, 5) is 1.34. The fourth-order valence-electron chi connectivity index (χ4n) is 1.18. The molecule has 0 saturated heterocycles. The highest BCUT2D eigenvalue weighted by Gasteiger charge is 2.32. The summed E-state index contributed by atoms with van der Waals surface area (Å²) < 4.78 is 37.4. The highest BCUT2D eigenvalue weighted by atomic mass is 35.5. The lowest BCUT2D eigenvalue weighted by molar-refractivity contribution is -0.137. The molecule has 0 amide bonds. The van der Waals surface area contributed by atoms with Crippen LogP contribution < -0.4 is 4.90 Å². The minimum atomic E-state index is -4.50. The minimum Gasteiger partial charge on any atom is -0.342 e. The molecule has 96 valence electrons. The summed E-state index contributed by atoms with van der Waals surface area (Å²) in [5.41, 5.74) is -0.730. The number of benzene rings is 1. The maximum Gasteiger partial charge on any atom is 0.416 e. The predicted octanol–water partition coefficient (Wildman–Crippen LogP) is 5.21. The normalized spacial score (nSPS) is 11.7. The van der Waals surface area contributed by atoms with Crippen LogP contribution in [0.3, 0.4) is 0 Å². The van der Waals surface area contributed by atoms with Gasteiger partial charge in [0.25, 0.3) is 0 Å². The minimum absolute atomic E-state index is 0.0334. The molecular formula is C9H6Cl4F3N. The van der Waals surface area contributed by atoms with Gasteiger partial charge in [-0.05, 0) is 12.1 Å². The van der Waals surface area contributed by atoms with Crippen molar-refractivity contribution in [1.29, 1.82) is 0 Å². The van der Waals surface area contributed by atoms with E-state index < -0.39 is 11.7 Å². The molecule has 0 heterocycles. The van der Waals surface area contributed by atoms with Gasteiger partial charge in [0.2, 0.25) is 0 Å². The van der Waals surface area contributed by atoms with E-state index in [0.29, 0.717) is 0 Å². The molecule has 1 rings (SSSR count). The SMILES string of the molecule is FC(F)(F)c1cc(Cl)c(N(CCl)CCl)c(Cl)c1. The Labute approximate surface area is 116 Å². The summed E-state index contributed by atoms with van der Waals surface area (Å²) in [6, 6.07) is 1.51. The highest BCUT2D eigenvalue weighted by molar-refractivity contribution is 6.40. The number of rotatable bonds is 3. The van der Waals surface area contributed by atoms with E-state index in [-0.39, 0.29) is 27.7 Å². The van der Waals surface area contributed by atoms with Crippen molar-refractivity contribution in [2.45, 2.75) is 6.18 Å². The van der Waals surface area contributed by atoms with E-state index in [1.807, 2.05) is 0 Å². The lowest BCUT2D eigenvalue weighted by atomic mass is 10.2. The number of halogens is 7. The number of anilines is 1. The zero-order chi connectivity index (χ0) is 13.2. The van der Waals surface area contributed by atoms with Crippen LogP contribution >= 0.6 is 46.4 Å². The average Bonchev–Trinajstić information content (AvgIpc) is 2.21. The van der Waals surface area contributed by atoms with Crippen LogP contribution in [0, 0.1) is 0 Å². The van der Waals surface area contributed by atoms with E-state index in [0.717, 1.165) is 12.1 Å². The van der Waals surface area contributed by atoms with Crippen molar-refractivity contribution in [1.82, 2.24) is 0 Å². The largest absolute Gasteiger partial charge is 0.416 e. The molecule has 17 heavy (non-hydrogen) atoms. The van der Waals surface area contributed by atoms with Crippen LogP contribution in [0.2, 0.25) is 10.0 Å². The third kappa shape index (κ3) is 3.47. The first-order valence-corrected chi connectivity index (χ1v) is 6.07. The lowest BCUT2D eigenvalue weighted by Gasteiger charge is -2.22. The Morgan fingerprint density at radius 2 is 1.41 bits per heavy atom. The molecule has 0 unspecified atom stereocenters. The molecule has 0 fully saturated rings. The summed E-state index contributed by atoms with van der Waals surface area (Å²) in [6.45, 7) is 0. The first kappa shape index (κ1) is 15.0. The fourth-order valence-corrected chi connectivity index (χ4v) is 2.40. The molecule has 0 atom stereocenters. The summed E-state index contributed by atoms with van der Waals surface area (Å²) in [7, 11) is 0. The second-order valence-electron chi connectivity index (χ2n) is 3.07. The van der Waals surface area contributed by atoms with Gasteiger partial charge in [0, 0.05) is 0 Å². The number of hydrogen-bond acceptors (Lipinski definition) is 1. The molecule has 1 aromatic rings. The van der Waals surface area contributed by atoms with Gasteiger partial charge in [0.05, 0.1) is 33.3 Å². The Morgan fingerprint density at radius 1 is 1.00 bits per heavy atom. The summed E-state index contributed by atoms with van der Waals surface area (Å²) in [5, 5.41) is -0.294. The molecule has 0 aliphatic carbocycles. The summed E-state index contributed by atoms with van der Waals surface area (Å²) in [6.07, 6.45) is -4.50. The van der Waals surface area contributed by atoms with E-state index in [2.05, 4.69) is 0 Å². The quantitative estimate of drug-likeness (QED) is 0.544. The highest BCUT2D eigenvalue weighted by Crippen LogP contribution is 2.40. The van der Waals surface area contributed by atoms with Crippen LogP contribution in [0.4, 0.5) is 18.9 Å². The zero-order valence-electron chi connectivity index (χ0n) is 8.16. The Kier molecular flexibility index (Phi) is 5.07. The Morgan fingerprint density at radius 3 is 1.71 bits per heavy atom. The fraction of sp³-hybridized carbons (Fsp3) is 0.333. The smallest absolute Gasteiger partial charge is 0.342 e. The van der Waals surface area contributed by atoms with Crippen molar-refractivity contribution in [2.75, 3.05) is 16.9 Å². The van der Waals surface area contributed by atoms with Gasteiger partial charge in [-0.15, -0.1) is 23.2 Å². The molecule has 0 saturated carbocycles. The van der Waals surface area contributed by atoms with Crippen molar-refractivity contribution in [2.24, 2.45) is 0 Å². The van der Waals surface area contributed by atoms with Crippen LogP contribution in [0.25, 0.3) is 0 Å². The molecule has 0 radical (unpaired) electrons. The van der Waals surface area contributed by atoms with Crippen molar-refractivity contribution >= 4 is 52.1 Å². The zero-order valence-corrected chi connectivity index (χ0v) is 11.2. The van der Waals surface area contributed by atoms with E-state index in [1.165, 1.54) is 4.90 Å². The van der Waals surface area contributed by atoms with Crippen LogP contribution in [0.1, 0.15) is 5.56 Å². The Balaban J connectivity index is 3.28. The Hall–Kier alpha value is -0.0300. The van der Waals surface area contributed by atoms with Gasteiger partial charge in [-0.25, -0.2) is 0 Å². The number of hydrogen-bond donors (Lipinski definition) is 0. The number of alkyl halides is 5. The monoisotopic (exact) mass is 325 g/mol. The first-order valence-electron chi connectivity index (χ1n) is 4.24. The van der Waals surface area contributed by atoms with Gasteiger partial charge >= 0.3 is 6.18 Å². The first-order chi connectivity index (χ1) is 7.81. The standard InChI is InChI=1S/C9H6Cl4F3N/c10-3-17(4-11)8-6(12)1-5(2-7(8)13)9(14,15)16/h1-2H,3-4H2. The maximum atomic E-state index is 12.5. The molecule has 0 aliphatic heterocycles. The van der Waals surface area contributed by atoms with Gasteiger partial charge in [-0.3, -0.25) is 0 Å². The van der Waals surface area contributed by atoms with E-state index in [9.17, 15) is 13.2 Å². The molecular weight excluding hydrogens is 321 g/mol. The van der Waals surface area contributed by atoms with Gasteiger partial charge in [-0.2, -0.15) is 13.2 Å². The van der Waals surface area contributed by atoms with Gasteiger partial charge in [0.15, 0.2) is 0 Å². The molecule has 0 aliphatic rings. The predicted molar refractivity (Wildman–Crippen MR) is 65.4 cm³/mol. The van der Waals surface area contributed by atoms with Crippen LogP contribution in [-0.2, 0) is 6.18 Å². The maximum absolute atomic E-state index is 12.5. The average molecular weight is 327 g/mol. The van der Waals surface area contributed by atoms with Crippen LogP contribution in [0.5, 0.6) is 0 Å². The lowest BCUT2D eigenvalue weighted by Crippen LogP contribution is -2.20. The van der Waals surface area contributed by atoms with E-state index >= 15 is 0 Å². The van der Waals surface area contributed by atoms with Gasteiger partial charge < -0.3 is 4.90 Å². The third-order valence-corrected chi connectivity index (χ3v) is 3.10. The molecule has 0 spiro atoms. The van der Waals surface area contributed by atoms with Crippen LogP contribution in [-0.4, -0.2) is 12.0 Å². The molecule has 1 nitrogen and oxygen atoms in total. The van der Waals surface area contributed by atoms with E-state index in [1.54, 1.807) is 0 Å². The molecule has 0 bridgehead atoms. The topological polar surface area (TPSA) is 3.24 Å². The second-order valence-corrected chi connectivity index (χ2v) is 4.36. The van der Waals surface area contributed by atoms with E-state index in [4.69, 9.17) is 46.4 Å². The van der Waals surface area contributed by atoms with Crippen molar-refractivity contribution < 1.29 is 13.2 Å². The molecule has 1 aromatic carbocycles. The Bertz CT molecular complexity index is 381. The van der Waals surface area contributed by atoms with Crippen molar-refractivity contribution in [3.8, 4) is 0 Å². The molecule has 0 N–H and O–H groups in total. The second kappa shape index (κ2) is 5.74. The molecule has 8 heteroatoms. The van der Waals surface area contributed by atoms with Crippen LogP contribution in [0.15, 0.2) is 12.1 Å². The van der Waals surface area contributed by atoms with Crippen molar-refractivity contribution in [3.05, 3.63) is 27.7 Å². The molecule has 0 aromatic heterocycles. The van der Waals surface area contributed by atoms with Gasteiger partial charge in [0.1, 0.15) is 0 Å². The number of nitrogens with zero attached hydrogens (tertiary/aromatic N) is 1. The summed E-state index contributed by atoms with van der Waals surface area (Å²) >= 11 is 22.7.